The van der Waals surface area contributed by atoms with Crippen LogP contribution in [0.4, 0.5) is 5.82 Å². The molecule has 4 rings (SSSR count). The smallest absolute Gasteiger partial charge is 0.249 e. The van der Waals surface area contributed by atoms with Gasteiger partial charge in [-0.2, -0.15) is 0 Å². The van der Waals surface area contributed by atoms with Crippen LogP contribution in [-0.4, -0.2) is 32.0 Å². The standard InChI is InChI=1S/C28H26N6O4/c1-2-5-20(35)6-3-4-7-24(37)31-27-25(17-8-12-21(36)13-9-17)32-26-22-14-10-19(28(38)33-34-29)16-18(22)11-15-23(26)30-27/h3,5-6,8-10,12-14,16,35-36H,2,4,7,11,15H2,1H3,(H,30,31,37)/b6-3-,20-5+. The summed E-state index contributed by atoms with van der Waals surface area (Å²) in [6.07, 6.45) is 7.46. The zero-order valence-electron chi connectivity index (χ0n) is 20.8. The Morgan fingerprint density at radius 2 is 1.92 bits per heavy atom. The fraction of sp³-hybridized carbons (Fsp3) is 0.214. The summed E-state index contributed by atoms with van der Waals surface area (Å²) in [4.78, 5) is 37.0. The number of phenols is 1. The van der Waals surface area contributed by atoms with Crippen molar-refractivity contribution in [1.82, 2.24) is 9.97 Å². The zero-order chi connectivity index (χ0) is 27.1. The molecule has 1 aliphatic rings. The number of aromatic nitrogens is 2. The summed E-state index contributed by atoms with van der Waals surface area (Å²) in [5.74, 6) is -0.324. The third kappa shape index (κ3) is 6.05. The summed E-state index contributed by atoms with van der Waals surface area (Å²) in [7, 11) is 0. The lowest BCUT2D eigenvalue weighted by molar-refractivity contribution is -0.116. The highest BCUT2D eigenvalue weighted by Crippen LogP contribution is 2.36. The summed E-state index contributed by atoms with van der Waals surface area (Å²) < 4.78 is 0. The minimum atomic E-state index is -0.651. The molecule has 0 saturated heterocycles. The number of carbonyl (C=O) groups is 2. The Bertz CT molecular complexity index is 1490. The maximum Gasteiger partial charge on any atom is 0.249 e. The number of aryl methyl sites for hydroxylation is 2. The van der Waals surface area contributed by atoms with Crippen molar-refractivity contribution < 1.29 is 19.8 Å². The number of anilines is 1. The summed E-state index contributed by atoms with van der Waals surface area (Å²) in [5.41, 5.74) is 13.0. The number of hydrogen-bond donors (Lipinski definition) is 3. The number of allylic oxidation sites excluding steroid dienone is 3. The highest BCUT2D eigenvalue weighted by Gasteiger charge is 2.24. The molecule has 0 spiro atoms. The van der Waals surface area contributed by atoms with Gasteiger partial charge in [0.05, 0.1) is 11.4 Å². The number of fused-ring (bicyclic) bond motifs is 3. The zero-order valence-corrected chi connectivity index (χ0v) is 20.8. The van der Waals surface area contributed by atoms with Crippen LogP contribution in [0.5, 0.6) is 5.75 Å². The second-order valence-corrected chi connectivity index (χ2v) is 8.66. The van der Waals surface area contributed by atoms with E-state index in [4.69, 9.17) is 15.5 Å². The van der Waals surface area contributed by atoms with E-state index in [-0.39, 0.29) is 23.8 Å². The van der Waals surface area contributed by atoms with Gasteiger partial charge in [0.2, 0.25) is 11.8 Å². The predicted octanol–water partition coefficient (Wildman–Crippen LogP) is 6.19. The molecule has 1 heterocycles. The number of amides is 2. The molecule has 0 saturated carbocycles. The molecule has 2 aromatic carbocycles. The predicted molar refractivity (Wildman–Crippen MR) is 143 cm³/mol. The van der Waals surface area contributed by atoms with Gasteiger partial charge >= 0.3 is 0 Å². The normalized spacial score (nSPS) is 12.4. The third-order valence-electron chi connectivity index (χ3n) is 5.98. The third-order valence-corrected chi connectivity index (χ3v) is 5.98. The van der Waals surface area contributed by atoms with E-state index in [2.05, 4.69) is 15.3 Å². The SMILES string of the molecule is CC/C=C(O)\C=C/CCC(=O)Nc1nc2c(nc1-c1ccc(O)cc1)-c1ccc(C(=O)N=[N+]=[N-])cc1CC2. The number of nitrogens with zero attached hydrogens (tertiary/aromatic N) is 5. The van der Waals surface area contributed by atoms with E-state index in [0.717, 1.165) is 11.1 Å². The number of carbonyl (C=O) groups excluding carboxylic acids is 2. The van der Waals surface area contributed by atoms with Crippen LogP contribution in [0.1, 0.15) is 47.8 Å². The number of azide groups is 1. The molecule has 0 fully saturated rings. The van der Waals surface area contributed by atoms with Gasteiger partial charge in [-0.1, -0.05) is 25.1 Å². The van der Waals surface area contributed by atoms with Gasteiger partial charge in [-0.15, -0.1) is 0 Å². The minimum absolute atomic E-state index is 0.0972. The van der Waals surface area contributed by atoms with Crippen molar-refractivity contribution in [2.24, 2.45) is 5.11 Å². The van der Waals surface area contributed by atoms with Gasteiger partial charge in [0, 0.05) is 28.0 Å². The highest BCUT2D eigenvalue weighted by molar-refractivity contribution is 5.96. The number of benzene rings is 2. The molecule has 10 heteroatoms. The molecule has 38 heavy (non-hydrogen) atoms. The Balaban J connectivity index is 1.66. The first kappa shape index (κ1) is 26.1. The molecule has 10 nitrogen and oxygen atoms in total. The summed E-state index contributed by atoms with van der Waals surface area (Å²) in [6, 6.07) is 11.5. The van der Waals surface area contributed by atoms with E-state index < -0.39 is 5.91 Å². The molecule has 0 aliphatic heterocycles. The lowest BCUT2D eigenvalue weighted by Gasteiger charge is -2.21. The van der Waals surface area contributed by atoms with Crippen molar-refractivity contribution in [3.05, 3.63) is 93.7 Å². The summed E-state index contributed by atoms with van der Waals surface area (Å²) >= 11 is 0. The van der Waals surface area contributed by atoms with Crippen LogP contribution in [-0.2, 0) is 17.6 Å². The molecular formula is C28H26N6O4. The van der Waals surface area contributed by atoms with Crippen molar-refractivity contribution in [2.45, 2.75) is 39.0 Å². The number of nitrogens with one attached hydrogen (secondary N) is 1. The lowest BCUT2D eigenvalue weighted by atomic mass is 9.90. The Morgan fingerprint density at radius 3 is 2.66 bits per heavy atom. The first-order valence-electron chi connectivity index (χ1n) is 12.2. The van der Waals surface area contributed by atoms with Crippen LogP contribution in [0.15, 0.2) is 71.6 Å². The molecule has 0 bridgehead atoms. The Hall–Kier alpha value is -4.95. The second-order valence-electron chi connectivity index (χ2n) is 8.66. The number of aliphatic hydroxyl groups is 1. The summed E-state index contributed by atoms with van der Waals surface area (Å²) in [5, 5.41) is 25.5. The maximum absolute atomic E-state index is 12.7. The average molecular weight is 511 g/mol. The maximum atomic E-state index is 12.7. The van der Waals surface area contributed by atoms with Crippen LogP contribution >= 0.6 is 0 Å². The van der Waals surface area contributed by atoms with Crippen LogP contribution in [0, 0.1) is 0 Å². The molecule has 0 radical (unpaired) electrons. The minimum Gasteiger partial charge on any atom is -0.508 e. The van der Waals surface area contributed by atoms with E-state index in [1.165, 1.54) is 12.1 Å². The number of rotatable bonds is 8. The van der Waals surface area contributed by atoms with E-state index in [0.29, 0.717) is 59.7 Å². The molecule has 3 aromatic rings. The van der Waals surface area contributed by atoms with Crippen LogP contribution in [0.25, 0.3) is 33.0 Å². The monoisotopic (exact) mass is 510 g/mol. The van der Waals surface area contributed by atoms with E-state index >= 15 is 0 Å². The summed E-state index contributed by atoms with van der Waals surface area (Å²) in [6.45, 7) is 1.92. The fourth-order valence-corrected chi connectivity index (χ4v) is 4.17. The van der Waals surface area contributed by atoms with Crippen molar-refractivity contribution in [3.8, 4) is 28.3 Å². The molecule has 0 unspecified atom stereocenters. The van der Waals surface area contributed by atoms with Gasteiger partial charge in [-0.25, -0.2) is 9.97 Å². The number of phenolic OH excluding ortho intramolecular Hbond substituents is 1. The Labute approximate surface area is 219 Å². The van der Waals surface area contributed by atoms with E-state index in [9.17, 15) is 19.8 Å². The number of hydrogen-bond acceptors (Lipinski definition) is 6. The molecular weight excluding hydrogens is 484 g/mol. The number of aromatic hydroxyl groups is 1. The van der Waals surface area contributed by atoms with Gasteiger partial charge in [0.15, 0.2) is 5.82 Å². The first-order chi connectivity index (χ1) is 18.4. The molecule has 2 amide bonds. The van der Waals surface area contributed by atoms with Crippen LogP contribution in [0.3, 0.4) is 0 Å². The van der Waals surface area contributed by atoms with Gasteiger partial charge in [0.25, 0.3) is 0 Å². The average Bonchev–Trinajstić information content (AvgIpc) is 2.91. The van der Waals surface area contributed by atoms with Crippen molar-refractivity contribution >= 4 is 17.6 Å². The Kier molecular flexibility index (Phi) is 8.15. The van der Waals surface area contributed by atoms with Gasteiger partial charge in [-0.05, 0) is 84.4 Å². The largest absolute Gasteiger partial charge is 0.508 e. The molecule has 1 aliphatic carbocycles. The van der Waals surface area contributed by atoms with Gasteiger partial charge < -0.3 is 15.5 Å². The molecule has 0 atom stereocenters. The second kappa shape index (κ2) is 11.9. The van der Waals surface area contributed by atoms with Crippen LogP contribution in [0.2, 0.25) is 0 Å². The molecule has 3 N–H and O–H groups in total. The van der Waals surface area contributed by atoms with Gasteiger partial charge in [0.1, 0.15) is 17.2 Å². The fourth-order valence-electron chi connectivity index (χ4n) is 4.17. The van der Waals surface area contributed by atoms with Gasteiger partial charge in [-0.3, -0.25) is 9.59 Å². The molecule has 192 valence electrons. The molecule has 1 aromatic heterocycles. The van der Waals surface area contributed by atoms with Crippen molar-refractivity contribution in [1.29, 1.82) is 0 Å². The topological polar surface area (TPSA) is 161 Å². The Morgan fingerprint density at radius 1 is 1.13 bits per heavy atom. The first-order valence-corrected chi connectivity index (χ1v) is 12.2. The lowest BCUT2D eigenvalue weighted by Crippen LogP contribution is -2.17. The quantitative estimate of drug-likeness (QED) is 0.108. The van der Waals surface area contributed by atoms with E-state index in [1.54, 1.807) is 48.6 Å². The van der Waals surface area contributed by atoms with E-state index in [1.807, 2.05) is 6.92 Å². The number of aliphatic hydroxyl groups excluding tert-OH is 1. The van der Waals surface area contributed by atoms with Crippen molar-refractivity contribution in [3.63, 3.8) is 0 Å². The van der Waals surface area contributed by atoms with Crippen LogP contribution < -0.4 is 5.32 Å². The highest BCUT2D eigenvalue weighted by atomic mass is 16.3. The van der Waals surface area contributed by atoms with Crippen molar-refractivity contribution in [2.75, 3.05) is 5.32 Å².